The Bertz CT molecular complexity index is 713. The highest BCUT2D eigenvalue weighted by atomic mass is 16.5. The molecule has 0 aromatic heterocycles. The van der Waals surface area contributed by atoms with Gasteiger partial charge in [-0.25, -0.2) is 0 Å². The minimum Gasteiger partial charge on any atom is -0.496 e. The molecule has 0 aliphatic carbocycles. The van der Waals surface area contributed by atoms with Crippen LogP contribution in [-0.4, -0.2) is 26.7 Å². The van der Waals surface area contributed by atoms with Crippen LogP contribution in [0.5, 0.6) is 17.2 Å². The first-order chi connectivity index (χ1) is 11.6. The predicted octanol–water partition coefficient (Wildman–Crippen LogP) is 2.79. The smallest absolute Gasteiger partial charge is 0.262 e. The Hall–Kier alpha value is -3.20. The lowest BCUT2D eigenvalue weighted by molar-refractivity contribution is -0.118. The number of nitriles is 1. The van der Waals surface area contributed by atoms with Gasteiger partial charge in [0.25, 0.3) is 5.91 Å². The van der Waals surface area contributed by atoms with Crippen LogP contribution in [0.2, 0.25) is 0 Å². The highest BCUT2D eigenvalue weighted by molar-refractivity contribution is 5.91. The third-order valence-electron chi connectivity index (χ3n) is 3.22. The van der Waals surface area contributed by atoms with Crippen molar-refractivity contribution in [3.63, 3.8) is 0 Å². The number of anilines is 1. The van der Waals surface area contributed by atoms with E-state index in [1.54, 1.807) is 56.7 Å². The van der Waals surface area contributed by atoms with Gasteiger partial charge in [0.1, 0.15) is 17.2 Å². The van der Waals surface area contributed by atoms with E-state index in [2.05, 4.69) is 11.4 Å². The molecule has 0 bridgehead atoms. The van der Waals surface area contributed by atoms with E-state index in [4.69, 9.17) is 19.5 Å². The summed E-state index contributed by atoms with van der Waals surface area (Å²) in [6, 6.07) is 14.2. The number of nitrogens with one attached hydrogen (secondary N) is 1. The number of rotatable bonds is 7. The van der Waals surface area contributed by atoms with Crippen molar-refractivity contribution in [3.05, 3.63) is 48.0 Å². The number of methoxy groups -OCH3 is 2. The van der Waals surface area contributed by atoms with Crippen molar-refractivity contribution in [2.45, 2.75) is 6.42 Å². The molecule has 0 atom stereocenters. The summed E-state index contributed by atoms with van der Waals surface area (Å²) in [5, 5.41) is 11.4. The number of carbonyl (C=O) groups excluding carboxylic acids is 1. The predicted molar refractivity (Wildman–Crippen MR) is 89.4 cm³/mol. The molecule has 0 radical (unpaired) electrons. The van der Waals surface area contributed by atoms with E-state index in [1.165, 1.54) is 0 Å². The standard InChI is InChI=1S/C18H18N2O4/c1-22-15-9-16(23-2)11-17(10-15)24-12-18(21)20-14-5-3-13(4-6-14)7-8-19/h3-6,9-11H,7,12H2,1-2H3,(H,20,21). The largest absolute Gasteiger partial charge is 0.496 e. The fourth-order valence-electron chi connectivity index (χ4n) is 2.01. The van der Waals surface area contributed by atoms with E-state index in [0.717, 1.165) is 5.56 Å². The second kappa shape index (κ2) is 8.44. The average molecular weight is 326 g/mol. The van der Waals surface area contributed by atoms with E-state index in [9.17, 15) is 4.79 Å². The minimum atomic E-state index is -0.287. The van der Waals surface area contributed by atoms with E-state index < -0.39 is 0 Å². The third kappa shape index (κ3) is 4.92. The summed E-state index contributed by atoms with van der Waals surface area (Å²) in [4.78, 5) is 12.0. The average Bonchev–Trinajstić information content (AvgIpc) is 2.61. The molecule has 124 valence electrons. The van der Waals surface area contributed by atoms with Crippen LogP contribution in [0.1, 0.15) is 5.56 Å². The molecule has 0 aliphatic heterocycles. The number of hydrogen-bond donors (Lipinski definition) is 1. The fourth-order valence-corrected chi connectivity index (χ4v) is 2.01. The van der Waals surface area contributed by atoms with Gasteiger partial charge >= 0.3 is 0 Å². The Labute approximate surface area is 140 Å². The summed E-state index contributed by atoms with van der Waals surface area (Å²) >= 11 is 0. The Balaban J connectivity index is 1.92. The Morgan fingerprint density at radius 1 is 1.04 bits per heavy atom. The van der Waals surface area contributed by atoms with Crippen molar-refractivity contribution >= 4 is 11.6 Å². The molecule has 2 aromatic rings. The Morgan fingerprint density at radius 2 is 1.62 bits per heavy atom. The van der Waals surface area contributed by atoms with E-state index in [0.29, 0.717) is 29.4 Å². The monoisotopic (exact) mass is 326 g/mol. The molecule has 6 heteroatoms. The maximum absolute atomic E-state index is 12.0. The van der Waals surface area contributed by atoms with Crippen molar-refractivity contribution in [3.8, 4) is 23.3 Å². The SMILES string of the molecule is COc1cc(OC)cc(OCC(=O)Nc2ccc(CC#N)cc2)c1. The zero-order valence-electron chi connectivity index (χ0n) is 13.5. The lowest BCUT2D eigenvalue weighted by Crippen LogP contribution is -2.20. The van der Waals surface area contributed by atoms with E-state index in [-0.39, 0.29) is 12.5 Å². The van der Waals surface area contributed by atoms with Crippen LogP contribution in [-0.2, 0) is 11.2 Å². The molecule has 2 rings (SSSR count). The highest BCUT2D eigenvalue weighted by Gasteiger charge is 2.07. The highest BCUT2D eigenvalue weighted by Crippen LogP contribution is 2.27. The third-order valence-corrected chi connectivity index (χ3v) is 3.22. The number of amides is 1. The first-order valence-electron chi connectivity index (χ1n) is 7.26. The number of nitrogens with zero attached hydrogens (tertiary/aromatic N) is 1. The molecule has 0 aliphatic rings. The first-order valence-corrected chi connectivity index (χ1v) is 7.26. The summed E-state index contributed by atoms with van der Waals surface area (Å²) in [5.74, 6) is 1.35. The number of carbonyl (C=O) groups is 1. The summed E-state index contributed by atoms with van der Waals surface area (Å²) < 4.78 is 15.8. The molecule has 0 spiro atoms. The van der Waals surface area contributed by atoms with Gasteiger partial charge < -0.3 is 19.5 Å². The molecule has 24 heavy (non-hydrogen) atoms. The van der Waals surface area contributed by atoms with Gasteiger partial charge in [0.15, 0.2) is 6.61 Å². The molecule has 0 saturated heterocycles. The molecule has 0 fully saturated rings. The molecule has 0 unspecified atom stereocenters. The topological polar surface area (TPSA) is 80.6 Å². The van der Waals surface area contributed by atoms with Gasteiger partial charge in [-0.1, -0.05) is 12.1 Å². The van der Waals surface area contributed by atoms with Crippen molar-refractivity contribution in [1.82, 2.24) is 0 Å². The lowest BCUT2D eigenvalue weighted by atomic mass is 10.1. The van der Waals surface area contributed by atoms with Crippen LogP contribution in [0.25, 0.3) is 0 Å². The lowest BCUT2D eigenvalue weighted by Gasteiger charge is -2.10. The number of ether oxygens (including phenoxy) is 3. The summed E-state index contributed by atoms with van der Waals surface area (Å²) in [6.45, 7) is -0.143. The Kier molecular flexibility index (Phi) is 6.03. The summed E-state index contributed by atoms with van der Waals surface area (Å²) in [7, 11) is 3.09. The van der Waals surface area contributed by atoms with Gasteiger partial charge in [-0.2, -0.15) is 5.26 Å². The number of benzene rings is 2. The van der Waals surface area contributed by atoms with Crippen LogP contribution in [0.4, 0.5) is 5.69 Å². The molecule has 2 aromatic carbocycles. The normalized spacial score (nSPS) is 9.71. The maximum Gasteiger partial charge on any atom is 0.262 e. The summed E-state index contributed by atoms with van der Waals surface area (Å²) in [5.41, 5.74) is 1.55. The van der Waals surface area contributed by atoms with Gasteiger partial charge in [0, 0.05) is 23.9 Å². The van der Waals surface area contributed by atoms with E-state index >= 15 is 0 Å². The quantitative estimate of drug-likeness (QED) is 0.846. The van der Waals surface area contributed by atoms with Crippen molar-refractivity contribution in [2.24, 2.45) is 0 Å². The molecular formula is C18H18N2O4. The van der Waals surface area contributed by atoms with Gasteiger partial charge in [0.05, 0.1) is 26.7 Å². The molecular weight excluding hydrogens is 308 g/mol. The van der Waals surface area contributed by atoms with Crippen LogP contribution in [0.15, 0.2) is 42.5 Å². The van der Waals surface area contributed by atoms with E-state index in [1.807, 2.05) is 0 Å². The maximum atomic E-state index is 12.0. The second-order valence-electron chi connectivity index (χ2n) is 4.92. The molecule has 1 amide bonds. The molecule has 6 nitrogen and oxygen atoms in total. The number of hydrogen-bond acceptors (Lipinski definition) is 5. The zero-order chi connectivity index (χ0) is 17.4. The minimum absolute atomic E-state index is 0.143. The van der Waals surface area contributed by atoms with Crippen molar-refractivity contribution in [2.75, 3.05) is 26.1 Å². The van der Waals surface area contributed by atoms with Crippen LogP contribution in [0, 0.1) is 11.3 Å². The second-order valence-corrected chi connectivity index (χ2v) is 4.92. The van der Waals surface area contributed by atoms with Crippen LogP contribution < -0.4 is 19.5 Å². The fraction of sp³-hybridized carbons (Fsp3) is 0.222. The molecule has 1 N–H and O–H groups in total. The molecule has 0 saturated carbocycles. The van der Waals surface area contributed by atoms with Gasteiger partial charge in [-0.05, 0) is 17.7 Å². The zero-order valence-corrected chi connectivity index (χ0v) is 13.5. The van der Waals surface area contributed by atoms with Crippen LogP contribution in [0.3, 0.4) is 0 Å². The first kappa shape index (κ1) is 17.2. The van der Waals surface area contributed by atoms with Crippen molar-refractivity contribution < 1.29 is 19.0 Å². The van der Waals surface area contributed by atoms with Gasteiger partial charge in [0.2, 0.25) is 0 Å². The van der Waals surface area contributed by atoms with Gasteiger partial charge in [-0.15, -0.1) is 0 Å². The summed E-state index contributed by atoms with van der Waals surface area (Å²) in [6.07, 6.45) is 0.342. The van der Waals surface area contributed by atoms with Crippen molar-refractivity contribution in [1.29, 1.82) is 5.26 Å². The van der Waals surface area contributed by atoms with Crippen LogP contribution >= 0.6 is 0 Å². The Morgan fingerprint density at radius 3 is 2.17 bits per heavy atom. The van der Waals surface area contributed by atoms with Gasteiger partial charge in [-0.3, -0.25) is 4.79 Å². The molecule has 0 heterocycles.